The van der Waals surface area contributed by atoms with Crippen LogP contribution in [0.5, 0.6) is 0 Å². The standard InChI is InChI=1S/C10H15N7O2S/c1-17-7-13-16-9(17)4-6-14-20(18,19)10-8(15-11)3-2-5-12-10/h2-3,5,7,14-15H,4,6,11H2,1H3. The molecule has 0 atom stereocenters. The van der Waals surface area contributed by atoms with E-state index in [0.717, 1.165) is 0 Å². The zero-order chi connectivity index (χ0) is 14.6. The molecule has 0 aromatic carbocycles. The van der Waals surface area contributed by atoms with Gasteiger partial charge in [0.2, 0.25) is 0 Å². The first-order chi connectivity index (χ1) is 9.54. The van der Waals surface area contributed by atoms with E-state index in [-0.39, 0.29) is 17.3 Å². The van der Waals surface area contributed by atoms with Crippen LogP contribution in [0, 0.1) is 0 Å². The number of nitrogen functional groups attached to an aromatic ring is 1. The molecule has 0 aliphatic rings. The van der Waals surface area contributed by atoms with Crippen LogP contribution in [0.15, 0.2) is 29.7 Å². The molecule has 10 heteroatoms. The highest BCUT2D eigenvalue weighted by molar-refractivity contribution is 7.89. The normalized spacial score (nSPS) is 11.5. The summed E-state index contributed by atoms with van der Waals surface area (Å²) in [6.07, 6.45) is 3.37. The Morgan fingerprint density at radius 2 is 2.25 bits per heavy atom. The molecule has 2 rings (SSSR count). The number of nitrogens with zero attached hydrogens (tertiary/aromatic N) is 4. The van der Waals surface area contributed by atoms with E-state index in [4.69, 9.17) is 5.84 Å². The average Bonchev–Trinajstić information content (AvgIpc) is 2.84. The van der Waals surface area contributed by atoms with E-state index in [1.807, 2.05) is 0 Å². The Balaban J connectivity index is 2.06. The van der Waals surface area contributed by atoms with E-state index >= 15 is 0 Å². The summed E-state index contributed by atoms with van der Waals surface area (Å²) < 4.78 is 28.4. The fourth-order valence-electron chi connectivity index (χ4n) is 1.61. The second kappa shape index (κ2) is 5.94. The van der Waals surface area contributed by atoms with Crippen LogP contribution < -0.4 is 16.0 Å². The van der Waals surface area contributed by atoms with Gasteiger partial charge in [0.15, 0.2) is 5.03 Å². The molecule has 0 fully saturated rings. The zero-order valence-corrected chi connectivity index (χ0v) is 11.6. The van der Waals surface area contributed by atoms with Crippen molar-refractivity contribution in [1.29, 1.82) is 0 Å². The van der Waals surface area contributed by atoms with Crippen molar-refractivity contribution in [2.45, 2.75) is 11.4 Å². The smallest absolute Gasteiger partial charge is 0.260 e. The molecule has 9 nitrogen and oxygen atoms in total. The summed E-state index contributed by atoms with van der Waals surface area (Å²) in [4.78, 5) is 3.83. The van der Waals surface area contributed by atoms with Gasteiger partial charge < -0.3 is 9.99 Å². The number of anilines is 1. The minimum absolute atomic E-state index is 0.138. The monoisotopic (exact) mass is 297 g/mol. The lowest BCUT2D eigenvalue weighted by Crippen LogP contribution is -2.28. The Morgan fingerprint density at radius 1 is 1.45 bits per heavy atom. The number of nitrogens with two attached hydrogens (primary N) is 1. The molecule has 2 aromatic heterocycles. The minimum Gasteiger partial charge on any atom is -0.321 e. The number of hydrogen-bond acceptors (Lipinski definition) is 7. The Bertz CT molecular complexity index is 682. The highest BCUT2D eigenvalue weighted by Crippen LogP contribution is 2.16. The van der Waals surface area contributed by atoms with Crippen molar-refractivity contribution in [2.24, 2.45) is 12.9 Å². The molecule has 0 spiro atoms. The van der Waals surface area contributed by atoms with Crippen molar-refractivity contribution in [3.05, 3.63) is 30.5 Å². The molecule has 108 valence electrons. The van der Waals surface area contributed by atoms with E-state index < -0.39 is 10.0 Å². The summed E-state index contributed by atoms with van der Waals surface area (Å²) in [6, 6.07) is 3.12. The number of nitrogens with one attached hydrogen (secondary N) is 2. The molecule has 0 amide bonds. The lowest BCUT2D eigenvalue weighted by molar-refractivity contribution is 0.576. The highest BCUT2D eigenvalue weighted by Gasteiger charge is 2.19. The lowest BCUT2D eigenvalue weighted by Gasteiger charge is -2.09. The molecule has 2 aromatic rings. The first kappa shape index (κ1) is 14.4. The van der Waals surface area contributed by atoms with Gasteiger partial charge in [-0.25, -0.2) is 18.1 Å². The molecule has 0 radical (unpaired) electrons. The van der Waals surface area contributed by atoms with Crippen LogP contribution in [-0.4, -0.2) is 34.7 Å². The van der Waals surface area contributed by atoms with Crippen LogP contribution in [0.1, 0.15) is 5.82 Å². The van der Waals surface area contributed by atoms with E-state index in [2.05, 4.69) is 25.3 Å². The fraction of sp³-hybridized carbons (Fsp3) is 0.300. The van der Waals surface area contributed by atoms with Crippen molar-refractivity contribution in [2.75, 3.05) is 12.0 Å². The van der Waals surface area contributed by atoms with Gasteiger partial charge in [-0.2, -0.15) is 0 Å². The number of pyridine rings is 1. The molecule has 4 N–H and O–H groups in total. The zero-order valence-electron chi connectivity index (χ0n) is 10.8. The second-order valence-electron chi connectivity index (χ2n) is 4.01. The topological polar surface area (TPSA) is 128 Å². The maximum absolute atomic E-state index is 12.1. The molecule has 2 heterocycles. The third-order valence-corrected chi connectivity index (χ3v) is 4.05. The van der Waals surface area contributed by atoms with Crippen LogP contribution in [0.2, 0.25) is 0 Å². The maximum atomic E-state index is 12.1. The van der Waals surface area contributed by atoms with E-state index in [0.29, 0.717) is 12.2 Å². The Hall–Kier alpha value is -2.04. The van der Waals surface area contributed by atoms with Crippen molar-refractivity contribution in [3.8, 4) is 0 Å². The second-order valence-corrected chi connectivity index (χ2v) is 5.69. The molecule has 0 aliphatic heterocycles. The number of rotatable bonds is 6. The van der Waals surface area contributed by atoms with Gasteiger partial charge in [-0.05, 0) is 12.1 Å². The summed E-state index contributed by atoms with van der Waals surface area (Å²) in [5.74, 6) is 5.96. The van der Waals surface area contributed by atoms with E-state index in [9.17, 15) is 8.42 Å². The summed E-state index contributed by atoms with van der Waals surface area (Å²) >= 11 is 0. The molecule has 0 unspecified atom stereocenters. The number of aryl methyl sites for hydroxylation is 1. The number of hydrogen-bond donors (Lipinski definition) is 3. The first-order valence-electron chi connectivity index (χ1n) is 5.79. The van der Waals surface area contributed by atoms with Gasteiger partial charge in [0.1, 0.15) is 12.2 Å². The molecule has 0 aliphatic carbocycles. The highest BCUT2D eigenvalue weighted by atomic mass is 32.2. The molecule has 0 saturated heterocycles. The minimum atomic E-state index is -3.73. The van der Waals surface area contributed by atoms with Gasteiger partial charge in [0.25, 0.3) is 10.0 Å². The van der Waals surface area contributed by atoms with Gasteiger partial charge in [-0.3, -0.25) is 5.84 Å². The lowest BCUT2D eigenvalue weighted by atomic mass is 10.4. The predicted molar refractivity (Wildman–Crippen MR) is 71.9 cm³/mol. The molecular weight excluding hydrogens is 282 g/mol. The Morgan fingerprint density at radius 3 is 2.90 bits per heavy atom. The Kier molecular flexibility index (Phi) is 4.27. The van der Waals surface area contributed by atoms with Crippen LogP contribution in [0.3, 0.4) is 0 Å². The number of aromatic nitrogens is 4. The first-order valence-corrected chi connectivity index (χ1v) is 7.27. The largest absolute Gasteiger partial charge is 0.321 e. The van der Waals surface area contributed by atoms with E-state index in [1.165, 1.54) is 12.3 Å². The van der Waals surface area contributed by atoms with Crippen molar-refractivity contribution in [1.82, 2.24) is 24.5 Å². The predicted octanol–water partition coefficient (Wildman–Crippen LogP) is -0.983. The average molecular weight is 297 g/mol. The van der Waals surface area contributed by atoms with Gasteiger partial charge in [-0.1, -0.05) is 0 Å². The van der Waals surface area contributed by atoms with Crippen LogP contribution in [0.25, 0.3) is 0 Å². The van der Waals surface area contributed by atoms with Gasteiger partial charge in [0, 0.05) is 26.2 Å². The summed E-state index contributed by atoms with van der Waals surface area (Å²) in [7, 11) is -1.94. The third kappa shape index (κ3) is 3.10. The molecule has 0 saturated carbocycles. The van der Waals surface area contributed by atoms with Crippen LogP contribution >= 0.6 is 0 Å². The molecule has 20 heavy (non-hydrogen) atoms. The Labute approximate surface area is 116 Å². The molecular formula is C10H15N7O2S. The van der Waals surface area contributed by atoms with Gasteiger partial charge in [0.05, 0.1) is 5.69 Å². The third-order valence-electron chi connectivity index (χ3n) is 2.63. The maximum Gasteiger partial charge on any atom is 0.260 e. The fourth-order valence-corrected chi connectivity index (χ4v) is 2.74. The SMILES string of the molecule is Cn1cnnc1CCNS(=O)(=O)c1ncccc1NN. The number of sulfonamides is 1. The molecule has 0 bridgehead atoms. The number of hydrazine groups is 1. The van der Waals surface area contributed by atoms with Gasteiger partial charge in [-0.15, -0.1) is 10.2 Å². The van der Waals surface area contributed by atoms with Crippen molar-refractivity contribution < 1.29 is 8.42 Å². The quantitative estimate of drug-likeness (QED) is 0.461. The van der Waals surface area contributed by atoms with Crippen molar-refractivity contribution >= 4 is 15.7 Å². The van der Waals surface area contributed by atoms with Crippen LogP contribution in [0.4, 0.5) is 5.69 Å². The van der Waals surface area contributed by atoms with Crippen LogP contribution in [-0.2, 0) is 23.5 Å². The summed E-state index contributed by atoms with van der Waals surface area (Å²) in [5, 5.41) is 7.45. The van der Waals surface area contributed by atoms with Gasteiger partial charge >= 0.3 is 0 Å². The van der Waals surface area contributed by atoms with Crippen molar-refractivity contribution in [3.63, 3.8) is 0 Å². The summed E-state index contributed by atoms with van der Waals surface area (Å²) in [5.41, 5.74) is 2.54. The summed E-state index contributed by atoms with van der Waals surface area (Å²) in [6.45, 7) is 0.190. The van der Waals surface area contributed by atoms with E-state index in [1.54, 1.807) is 24.0 Å².